The van der Waals surface area contributed by atoms with Crippen LogP contribution in [0, 0.1) is 18.3 Å². The van der Waals surface area contributed by atoms with Gasteiger partial charge in [0.15, 0.2) is 0 Å². The third-order valence-electron chi connectivity index (χ3n) is 2.85. The van der Waals surface area contributed by atoms with Crippen molar-refractivity contribution < 1.29 is 4.79 Å². The molecule has 0 atom stereocenters. The zero-order valence-electron chi connectivity index (χ0n) is 10.8. The fourth-order valence-electron chi connectivity index (χ4n) is 1.77. The molecular formula is C15H12ClN3O. The summed E-state index contributed by atoms with van der Waals surface area (Å²) in [4.78, 5) is 12.2. The second-order valence-corrected chi connectivity index (χ2v) is 4.74. The van der Waals surface area contributed by atoms with E-state index in [-0.39, 0.29) is 5.91 Å². The number of aryl methyl sites for hydroxylation is 1. The van der Waals surface area contributed by atoms with Gasteiger partial charge in [0, 0.05) is 16.9 Å². The lowest BCUT2D eigenvalue weighted by Gasteiger charge is -2.09. The topological polar surface area (TPSA) is 78.9 Å². The Morgan fingerprint density at radius 1 is 1.30 bits per heavy atom. The lowest BCUT2D eigenvalue weighted by Crippen LogP contribution is -2.13. The maximum absolute atomic E-state index is 12.2. The predicted octanol–water partition coefficient (Wildman–Crippen LogP) is 3.35. The van der Waals surface area contributed by atoms with Crippen LogP contribution in [0.5, 0.6) is 0 Å². The lowest BCUT2D eigenvalue weighted by molar-refractivity contribution is 0.102. The van der Waals surface area contributed by atoms with Gasteiger partial charge < -0.3 is 11.1 Å². The number of benzene rings is 2. The quantitative estimate of drug-likeness (QED) is 0.831. The van der Waals surface area contributed by atoms with Crippen molar-refractivity contribution >= 4 is 28.9 Å². The van der Waals surface area contributed by atoms with Gasteiger partial charge in [-0.15, -0.1) is 0 Å². The Labute approximate surface area is 121 Å². The standard InChI is InChI=1S/C15H12ClN3O/c1-9-2-4-11(18)6-13(9)15(20)19-12-5-3-10(8-17)14(16)7-12/h2-7H,18H2,1H3,(H,19,20). The summed E-state index contributed by atoms with van der Waals surface area (Å²) >= 11 is 5.92. The molecule has 0 saturated carbocycles. The fourth-order valence-corrected chi connectivity index (χ4v) is 1.99. The largest absolute Gasteiger partial charge is 0.399 e. The molecule has 0 radical (unpaired) electrons. The Hall–Kier alpha value is -2.51. The summed E-state index contributed by atoms with van der Waals surface area (Å²) < 4.78 is 0. The van der Waals surface area contributed by atoms with Crippen LogP contribution in [-0.2, 0) is 0 Å². The first-order valence-electron chi connectivity index (χ1n) is 5.88. The minimum Gasteiger partial charge on any atom is -0.399 e. The Morgan fingerprint density at radius 3 is 2.70 bits per heavy atom. The lowest BCUT2D eigenvalue weighted by atomic mass is 10.1. The van der Waals surface area contributed by atoms with Gasteiger partial charge in [0.2, 0.25) is 0 Å². The number of hydrogen-bond donors (Lipinski definition) is 2. The molecule has 0 saturated heterocycles. The summed E-state index contributed by atoms with van der Waals surface area (Å²) in [5.74, 6) is -0.268. The summed E-state index contributed by atoms with van der Waals surface area (Å²) in [6, 6.07) is 11.8. The first kappa shape index (κ1) is 13.9. The van der Waals surface area contributed by atoms with Crippen molar-refractivity contribution in [1.82, 2.24) is 0 Å². The van der Waals surface area contributed by atoms with Crippen molar-refractivity contribution in [3.63, 3.8) is 0 Å². The van der Waals surface area contributed by atoms with E-state index in [0.717, 1.165) is 5.56 Å². The van der Waals surface area contributed by atoms with Crippen LogP contribution in [0.2, 0.25) is 5.02 Å². The van der Waals surface area contributed by atoms with E-state index in [0.29, 0.717) is 27.5 Å². The van der Waals surface area contributed by atoms with E-state index in [9.17, 15) is 4.79 Å². The molecule has 20 heavy (non-hydrogen) atoms. The average molecular weight is 286 g/mol. The maximum atomic E-state index is 12.2. The van der Waals surface area contributed by atoms with Crippen molar-refractivity contribution in [1.29, 1.82) is 5.26 Å². The van der Waals surface area contributed by atoms with Gasteiger partial charge in [0.05, 0.1) is 10.6 Å². The number of nitrogen functional groups attached to an aromatic ring is 1. The molecule has 0 aliphatic heterocycles. The van der Waals surface area contributed by atoms with Gasteiger partial charge in [-0.2, -0.15) is 5.26 Å². The van der Waals surface area contributed by atoms with E-state index >= 15 is 0 Å². The van der Waals surface area contributed by atoms with Crippen LogP contribution in [0.1, 0.15) is 21.5 Å². The van der Waals surface area contributed by atoms with E-state index in [4.69, 9.17) is 22.6 Å². The number of carbonyl (C=O) groups is 1. The molecule has 2 rings (SSSR count). The molecule has 4 nitrogen and oxygen atoms in total. The maximum Gasteiger partial charge on any atom is 0.256 e. The summed E-state index contributed by atoms with van der Waals surface area (Å²) in [5, 5.41) is 11.8. The Bertz CT molecular complexity index is 720. The van der Waals surface area contributed by atoms with E-state index in [1.54, 1.807) is 36.4 Å². The van der Waals surface area contributed by atoms with Crippen LogP contribution < -0.4 is 11.1 Å². The molecule has 5 heteroatoms. The molecule has 100 valence electrons. The van der Waals surface area contributed by atoms with E-state index in [2.05, 4.69) is 5.32 Å². The molecule has 0 fully saturated rings. The number of nitrogens with one attached hydrogen (secondary N) is 1. The average Bonchev–Trinajstić information content (AvgIpc) is 2.41. The number of anilines is 2. The highest BCUT2D eigenvalue weighted by Gasteiger charge is 2.10. The van der Waals surface area contributed by atoms with Crippen LogP contribution in [0.15, 0.2) is 36.4 Å². The highest BCUT2D eigenvalue weighted by atomic mass is 35.5. The Morgan fingerprint density at radius 2 is 2.05 bits per heavy atom. The molecule has 0 unspecified atom stereocenters. The zero-order chi connectivity index (χ0) is 14.7. The summed E-state index contributed by atoms with van der Waals surface area (Å²) in [7, 11) is 0. The SMILES string of the molecule is Cc1ccc(N)cc1C(=O)Nc1ccc(C#N)c(Cl)c1. The van der Waals surface area contributed by atoms with Gasteiger partial charge in [-0.05, 0) is 42.8 Å². The minimum atomic E-state index is -0.268. The predicted molar refractivity (Wildman–Crippen MR) is 79.7 cm³/mol. The smallest absolute Gasteiger partial charge is 0.256 e. The van der Waals surface area contributed by atoms with Crippen LogP contribution in [0.3, 0.4) is 0 Å². The minimum absolute atomic E-state index is 0.268. The number of hydrogen-bond acceptors (Lipinski definition) is 3. The van der Waals surface area contributed by atoms with Gasteiger partial charge >= 0.3 is 0 Å². The number of amides is 1. The molecule has 0 bridgehead atoms. The van der Waals surface area contributed by atoms with Crippen molar-refractivity contribution in [3.05, 3.63) is 58.1 Å². The van der Waals surface area contributed by atoms with Gasteiger partial charge in [-0.3, -0.25) is 4.79 Å². The number of nitrogens with zero attached hydrogens (tertiary/aromatic N) is 1. The highest BCUT2D eigenvalue weighted by molar-refractivity contribution is 6.32. The van der Waals surface area contributed by atoms with Gasteiger partial charge in [-0.1, -0.05) is 17.7 Å². The Balaban J connectivity index is 2.26. The van der Waals surface area contributed by atoms with E-state index in [1.807, 2.05) is 13.0 Å². The van der Waals surface area contributed by atoms with E-state index in [1.165, 1.54) is 0 Å². The third kappa shape index (κ3) is 2.90. The number of carbonyl (C=O) groups excluding carboxylic acids is 1. The van der Waals surface area contributed by atoms with Crippen LogP contribution in [-0.4, -0.2) is 5.91 Å². The summed E-state index contributed by atoms with van der Waals surface area (Å²) in [6.07, 6.45) is 0. The van der Waals surface area contributed by atoms with Gasteiger partial charge in [0.25, 0.3) is 5.91 Å². The number of halogens is 1. The number of nitriles is 1. The number of rotatable bonds is 2. The van der Waals surface area contributed by atoms with Crippen LogP contribution in [0.4, 0.5) is 11.4 Å². The molecule has 0 spiro atoms. The summed E-state index contributed by atoms with van der Waals surface area (Å²) in [6.45, 7) is 1.83. The van der Waals surface area contributed by atoms with Crippen molar-refractivity contribution in [2.24, 2.45) is 0 Å². The molecule has 2 aromatic carbocycles. The normalized spacial score (nSPS) is 9.85. The molecule has 0 aliphatic rings. The van der Waals surface area contributed by atoms with Crippen LogP contribution >= 0.6 is 11.6 Å². The summed E-state index contributed by atoms with van der Waals surface area (Å²) in [5.41, 5.74) is 8.44. The molecule has 0 aromatic heterocycles. The third-order valence-corrected chi connectivity index (χ3v) is 3.17. The molecule has 1 amide bonds. The number of nitrogens with two attached hydrogens (primary N) is 1. The molecular weight excluding hydrogens is 274 g/mol. The van der Waals surface area contributed by atoms with Crippen molar-refractivity contribution in [2.75, 3.05) is 11.1 Å². The first-order valence-corrected chi connectivity index (χ1v) is 6.26. The molecule has 3 N–H and O–H groups in total. The van der Waals surface area contributed by atoms with Gasteiger partial charge in [-0.25, -0.2) is 0 Å². The molecule has 2 aromatic rings. The van der Waals surface area contributed by atoms with E-state index < -0.39 is 0 Å². The zero-order valence-corrected chi connectivity index (χ0v) is 11.5. The van der Waals surface area contributed by atoms with Crippen LogP contribution in [0.25, 0.3) is 0 Å². The monoisotopic (exact) mass is 285 g/mol. The Kier molecular flexibility index (Phi) is 3.92. The molecule has 0 aliphatic carbocycles. The second kappa shape index (κ2) is 5.64. The molecule has 0 heterocycles. The van der Waals surface area contributed by atoms with Crippen molar-refractivity contribution in [2.45, 2.75) is 6.92 Å². The fraction of sp³-hybridized carbons (Fsp3) is 0.0667. The second-order valence-electron chi connectivity index (χ2n) is 4.33. The van der Waals surface area contributed by atoms with Crippen molar-refractivity contribution in [3.8, 4) is 6.07 Å². The van der Waals surface area contributed by atoms with Gasteiger partial charge in [0.1, 0.15) is 6.07 Å². The first-order chi connectivity index (χ1) is 9.51. The highest BCUT2D eigenvalue weighted by Crippen LogP contribution is 2.21.